The second kappa shape index (κ2) is 7.78. The molecule has 0 aliphatic heterocycles. The lowest BCUT2D eigenvalue weighted by atomic mass is 10.4. The highest BCUT2D eigenvalue weighted by Crippen LogP contribution is 2.16. The zero-order chi connectivity index (χ0) is 14.3. The van der Waals surface area contributed by atoms with Gasteiger partial charge >= 0.3 is 10.2 Å². The van der Waals surface area contributed by atoms with E-state index in [4.69, 9.17) is 0 Å². The van der Waals surface area contributed by atoms with Gasteiger partial charge in [0.05, 0.1) is 5.69 Å². The molecule has 0 fully saturated rings. The number of thiazole rings is 1. The summed E-state index contributed by atoms with van der Waals surface area (Å²) in [5.74, 6) is 0. The molecule has 1 rings (SSSR count). The lowest BCUT2D eigenvalue weighted by Crippen LogP contribution is -2.34. The Morgan fingerprint density at radius 2 is 2.16 bits per heavy atom. The standard InChI is InChI=1S/C11H22N4O2S2/c1-4-6-12-7-5-8-15(3)19(16,17)14-11-13-10(2)9-18-11/h9,12H,4-8H2,1-3H3,(H,13,14). The van der Waals surface area contributed by atoms with Crippen LogP contribution in [0.5, 0.6) is 0 Å². The zero-order valence-electron chi connectivity index (χ0n) is 11.6. The van der Waals surface area contributed by atoms with E-state index in [0.717, 1.165) is 31.6 Å². The SMILES string of the molecule is CCCNCCCN(C)S(=O)(=O)Nc1nc(C)cs1. The van der Waals surface area contributed by atoms with Gasteiger partial charge in [-0.05, 0) is 32.9 Å². The molecule has 0 atom stereocenters. The summed E-state index contributed by atoms with van der Waals surface area (Å²) < 4.78 is 27.8. The minimum atomic E-state index is -3.49. The molecule has 6 nitrogen and oxygen atoms in total. The van der Waals surface area contributed by atoms with Crippen LogP contribution < -0.4 is 10.0 Å². The first-order chi connectivity index (χ1) is 8.95. The fourth-order valence-corrected chi connectivity index (χ4v) is 3.27. The van der Waals surface area contributed by atoms with Crippen molar-refractivity contribution in [2.45, 2.75) is 26.7 Å². The maximum Gasteiger partial charge on any atom is 0.303 e. The number of nitrogens with one attached hydrogen (secondary N) is 2. The zero-order valence-corrected chi connectivity index (χ0v) is 13.3. The van der Waals surface area contributed by atoms with Crippen molar-refractivity contribution in [2.75, 3.05) is 31.4 Å². The number of aryl methyl sites for hydroxylation is 1. The van der Waals surface area contributed by atoms with Crippen LogP contribution in [0.3, 0.4) is 0 Å². The Morgan fingerprint density at radius 1 is 1.42 bits per heavy atom. The molecule has 0 radical (unpaired) electrons. The van der Waals surface area contributed by atoms with Gasteiger partial charge < -0.3 is 5.32 Å². The van der Waals surface area contributed by atoms with E-state index in [0.29, 0.717) is 11.7 Å². The molecule has 8 heteroatoms. The predicted molar refractivity (Wildman–Crippen MR) is 79.8 cm³/mol. The molecule has 0 aliphatic rings. The number of hydrogen-bond acceptors (Lipinski definition) is 5. The minimum Gasteiger partial charge on any atom is -0.317 e. The van der Waals surface area contributed by atoms with Crippen LogP contribution >= 0.6 is 11.3 Å². The molecule has 0 spiro atoms. The van der Waals surface area contributed by atoms with Crippen LogP contribution in [0.25, 0.3) is 0 Å². The van der Waals surface area contributed by atoms with E-state index in [9.17, 15) is 8.42 Å². The Morgan fingerprint density at radius 3 is 2.74 bits per heavy atom. The number of aromatic nitrogens is 1. The maximum atomic E-state index is 12.0. The molecule has 1 heterocycles. The molecular weight excluding hydrogens is 284 g/mol. The first-order valence-electron chi connectivity index (χ1n) is 6.32. The molecule has 0 amide bonds. The van der Waals surface area contributed by atoms with E-state index in [1.165, 1.54) is 15.6 Å². The van der Waals surface area contributed by atoms with Crippen molar-refractivity contribution in [3.8, 4) is 0 Å². The average Bonchev–Trinajstić information content (AvgIpc) is 2.73. The average molecular weight is 306 g/mol. The molecular formula is C11H22N4O2S2. The van der Waals surface area contributed by atoms with E-state index in [2.05, 4.69) is 21.9 Å². The number of hydrogen-bond donors (Lipinski definition) is 2. The van der Waals surface area contributed by atoms with Gasteiger partial charge in [-0.25, -0.2) is 9.71 Å². The molecule has 0 aromatic carbocycles. The smallest absolute Gasteiger partial charge is 0.303 e. The molecule has 0 aliphatic carbocycles. The lowest BCUT2D eigenvalue weighted by Gasteiger charge is -2.17. The van der Waals surface area contributed by atoms with Gasteiger partial charge in [0, 0.05) is 19.0 Å². The van der Waals surface area contributed by atoms with Gasteiger partial charge in [0.15, 0.2) is 5.13 Å². The summed E-state index contributed by atoms with van der Waals surface area (Å²) in [6.07, 6.45) is 1.87. The maximum absolute atomic E-state index is 12.0. The summed E-state index contributed by atoms with van der Waals surface area (Å²) >= 11 is 1.29. The third kappa shape index (κ3) is 5.85. The van der Waals surface area contributed by atoms with Crippen molar-refractivity contribution in [3.63, 3.8) is 0 Å². The Hall–Kier alpha value is -0.700. The Balaban J connectivity index is 2.39. The monoisotopic (exact) mass is 306 g/mol. The number of nitrogens with zero attached hydrogens (tertiary/aromatic N) is 2. The number of rotatable bonds is 9. The van der Waals surface area contributed by atoms with E-state index in [1.54, 1.807) is 7.05 Å². The van der Waals surface area contributed by atoms with Crippen molar-refractivity contribution in [2.24, 2.45) is 0 Å². The fourth-order valence-electron chi connectivity index (χ4n) is 1.44. The van der Waals surface area contributed by atoms with E-state index >= 15 is 0 Å². The topological polar surface area (TPSA) is 74.3 Å². The van der Waals surface area contributed by atoms with Crippen LogP contribution in [-0.2, 0) is 10.2 Å². The molecule has 0 saturated heterocycles. The largest absolute Gasteiger partial charge is 0.317 e. The Labute approximate surface area is 119 Å². The summed E-state index contributed by atoms with van der Waals surface area (Å²) in [5, 5.41) is 5.47. The second-order valence-corrected chi connectivity index (χ2v) is 6.96. The highest BCUT2D eigenvalue weighted by molar-refractivity contribution is 7.90. The van der Waals surface area contributed by atoms with Gasteiger partial charge in [-0.1, -0.05) is 6.92 Å². The van der Waals surface area contributed by atoms with E-state index < -0.39 is 10.2 Å². The van der Waals surface area contributed by atoms with Gasteiger partial charge in [-0.2, -0.15) is 12.7 Å². The number of anilines is 1. The lowest BCUT2D eigenvalue weighted by molar-refractivity contribution is 0.458. The van der Waals surface area contributed by atoms with Crippen LogP contribution in [0.1, 0.15) is 25.5 Å². The summed E-state index contributed by atoms with van der Waals surface area (Å²) in [5.41, 5.74) is 0.814. The Kier molecular flexibility index (Phi) is 6.70. The molecule has 1 aromatic rings. The van der Waals surface area contributed by atoms with Crippen molar-refractivity contribution >= 4 is 26.7 Å². The third-order valence-corrected chi connectivity index (χ3v) is 4.96. The van der Waals surface area contributed by atoms with Crippen molar-refractivity contribution < 1.29 is 8.42 Å². The van der Waals surface area contributed by atoms with Crippen LogP contribution in [0.4, 0.5) is 5.13 Å². The molecule has 0 unspecified atom stereocenters. The molecule has 0 saturated carbocycles. The van der Waals surface area contributed by atoms with Gasteiger partial charge in [-0.15, -0.1) is 11.3 Å². The van der Waals surface area contributed by atoms with Crippen molar-refractivity contribution in [3.05, 3.63) is 11.1 Å². The predicted octanol–water partition coefficient (Wildman–Crippen LogP) is 1.43. The first kappa shape index (κ1) is 16.4. The second-order valence-electron chi connectivity index (χ2n) is 4.33. The highest BCUT2D eigenvalue weighted by atomic mass is 32.2. The molecule has 0 bridgehead atoms. The summed E-state index contributed by atoms with van der Waals surface area (Å²) in [4.78, 5) is 4.09. The normalized spacial score (nSPS) is 12.0. The van der Waals surface area contributed by atoms with Gasteiger partial charge in [0.1, 0.15) is 0 Å². The summed E-state index contributed by atoms with van der Waals surface area (Å²) in [6, 6.07) is 0. The fraction of sp³-hybridized carbons (Fsp3) is 0.727. The first-order valence-corrected chi connectivity index (χ1v) is 8.64. The van der Waals surface area contributed by atoms with Gasteiger partial charge in [0.2, 0.25) is 0 Å². The van der Waals surface area contributed by atoms with Crippen LogP contribution in [-0.4, -0.2) is 44.4 Å². The van der Waals surface area contributed by atoms with Crippen molar-refractivity contribution in [1.29, 1.82) is 0 Å². The molecule has 1 aromatic heterocycles. The minimum absolute atomic E-state index is 0.411. The third-order valence-electron chi connectivity index (χ3n) is 2.50. The van der Waals surface area contributed by atoms with Gasteiger partial charge in [0.25, 0.3) is 0 Å². The van der Waals surface area contributed by atoms with Crippen molar-refractivity contribution in [1.82, 2.24) is 14.6 Å². The van der Waals surface area contributed by atoms with Crippen LogP contribution in [0, 0.1) is 6.92 Å². The van der Waals surface area contributed by atoms with Crippen LogP contribution in [0.2, 0.25) is 0 Å². The molecule has 19 heavy (non-hydrogen) atoms. The Bertz CT molecular complexity index is 473. The summed E-state index contributed by atoms with van der Waals surface area (Å²) in [6.45, 7) is 6.20. The summed E-state index contributed by atoms with van der Waals surface area (Å²) in [7, 11) is -1.92. The van der Waals surface area contributed by atoms with Gasteiger partial charge in [-0.3, -0.25) is 0 Å². The van der Waals surface area contributed by atoms with E-state index in [-0.39, 0.29) is 0 Å². The quantitative estimate of drug-likeness (QED) is 0.677. The molecule has 110 valence electrons. The highest BCUT2D eigenvalue weighted by Gasteiger charge is 2.18. The molecule has 2 N–H and O–H groups in total. The van der Waals surface area contributed by atoms with E-state index in [1.807, 2.05) is 12.3 Å². The van der Waals surface area contributed by atoms with Crippen LogP contribution in [0.15, 0.2) is 5.38 Å².